The summed E-state index contributed by atoms with van der Waals surface area (Å²) in [5, 5.41) is 15.3. The molecule has 13 nitrogen and oxygen atoms in total. The molecule has 3 aromatic rings. The van der Waals surface area contributed by atoms with Crippen molar-refractivity contribution < 1.29 is 37.4 Å². The van der Waals surface area contributed by atoms with E-state index in [1.54, 1.807) is 49.2 Å². The minimum absolute atomic E-state index is 0.000757. The summed E-state index contributed by atoms with van der Waals surface area (Å²) >= 11 is 0. The summed E-state index contributed by atoms with van der Waals surface area (Å²) in [6.45, 7) is 4.81. The largest absolute Gasteiger partial charge is 0.480 e. The number of pyridine rings is 1. The molecule has 1 saturated heterocycles. The number of likely N-dealkylation sites (tertiary alicyclic amines) is 1. The fourth-order valence-corrected chi connectivity index (χ4v) is 7.02. The molecule has 246 valence electrons. The van der Waals surface area contributed by atoms with Gasteiger partial charge in [-0.25, -0.2) is 18.2 Å². The number of carboxylic acid groups (broad SMARTS) is 1. The monoisotopic (exact) mass is 653 g/mol. The van der Waals surface area contributed by atoms with E-state index < -0.39 is 53.3 Å². The van der Waals surface area contributed by atoms with E-state index in [0.29, 0.717) is 29.9 Å². The molecule has 1 aliphatic rings. The number of aromatic nitrogens is 1. The summed E-state index contributed by atoms with van der Waals surface area (Å²) in [5.74, 6) is -1.45. The third-order valence-corrected chi connectivity index (χ3v) is 9.20. The van der Waals surface area contributed by atoms with Gasteiger partial charge < -0.3 is 30.1 Å². The number of aryl methyl sites for hydroxylation is 3. The highest BCUT2D eigenvalue weighted by molar-refractivity contribution is 7.89. The Morgan fingerprint density at radius 3 is 2.39 bits per heavy atom. The summed E-state index contributed by atoms with van der Waals surface area (Å²) in [6, 6.07) is 16.2. The van der Waals surface area contributed by atoms with E-state index >= 15 is 0 Å². The highest BCUT2D eigenvalue weighted by atomic mass is 32.2. The Hall–Kier alpha value is -4.53. The molecule has 0 radical (unpaired) electrons. The van der Waals surface area contributed by atoms with E-state index in [0.717, 1.165) is 11.1 Å². The molecule has 1 fully saturated rings. The number of ether oxygens (including phenoxy) is 2. The van der Waals surface area contributed by atoms with Crippen molar-refractivity contribution in [1.29, 1.82) is 0 Å². The second-order valence-corrected chi connectivity index (χ2v) is 12.8. The van der Waals surface area contributed by atoms with Crippen LogP contribution in [0.3, 0.4) is 0 Å². The summed E-state index contributed by atoms with van der Waals surface area (Å²) in [4.78, 5) is 43.4. The van der Waals surface area contributed by atoms with Crippen LogP contribution < -0.4 is 15.4 Å². The van der Waals surface area contributed by atoms with Gasteiger partial charge in [-0.05, 0) is 56.0 Å². The molecule has 0 saturated carbocycles. The molecule has 2 amide bonds. The van der Waals surface area contributed by atoms with Crippen LogP contribution in [0, 0.1) is 20.8 Å². The van der Waals surface area contributed by atoms with Crippen LogP contribution in [0.2, 0.25) is 0 Å². The number of carboxylic acids is 1. The average molecular weight is 654 g/mol. The van der Waals surface area contributed by atoms with Crippen LogP contribution in [-0.2, 0) is 35.7 Å². The summed E-state index contributed by atoms with van der Waals surface area (Å²) in [5.41, 5.74) is 2.68. The van der Waals surface area contributed by atoms with Gasteiger partial charge in [0.05, 0.1) is 23.6 Å². The number of nitrogens with one attached hydrogen (secondary N) is 3. The first-order valence-electron chi connectivity index (χ1n) is 14.8. The number of rotatable bonds is 14. The number of anilines is 1. The molecule has 0 unspecified atom stereocenters. The van der Waals surface area contributed by atoms with Crippen LogP contribution in [0.25, 0.3) is 0 Å². The maximum atomic E-state index is 13.1. The Labute approximate surface area is 268 Å². The fraction of sp³-hybridized carbons (Fsp3) is 0.375. The Morgan fingerprint density at radius 1 is 1.04 bits per heavy atom. The maximum absolute atomic E-state index is 13.1. The molecule has 14 heteroatoms. The maximum Gasteiger partial charge on any atom is 0.410 e. The van der Waals surface area contributed by atoms with Crippen LogP contribution in [-0.4, -0.2) is 85.8 Å². The molecule has 46 heavy (non-hydrogen) atoms. The molecule has 1 aliphatic heterocycles. The number of aliphatic carboxylic acids is 1. The Kier molecular flexibility index (Phi) is 11.7. The number of carbonyl (C=O) groups excluding carboxylic acids is 2. The van der Waals surface area contributed by atoms with Crippen molar-refractivity contribution in [2.45, 2.75) is 56.9 Å². The predicted molar refractivity (Wildman–Crippen MR) is 170 cm³/mol. The lowest BCUT2D eigenvalue weighted by Gasteiger charge is -2.24. The molecule has 0 aliphatic carbocycles. The number of hydrogen-bond acceptors (Lipinski definition) is 9. The quantitative estimate of drug-likeness (QED) is 0.202. The topological polar surface area (TPSA) is 176 Å². The molecule has 2 heterocycles. The van der Waals surface area contributed by atoms with Gasteiger partial charge in [0.2, 0.25) is 15.9 Å². The molecule has 1 aromatic heterocycles. The Morgan fingerprint density at radius 2 is 1.74 bits per heavy atom. The first kappa shape index (κ1) is 34.3. The third kappa shape index (κ3) is 9.49. The van der Waals surface area contributed by atoms with E-state index in [2.05, 4.69) is 20.3 Å². The highest BCUT2D eigenvalue weighted by Gasteiger charge is 2.37. The van der Waals surface area contributed by atoms with E-state index in [4.69, 9.17) is 9.47 Å². The van der Waals surface area contributed by atoms with Crippen LogP contribution in [0.5, 0.6) is 0 Å². The number of nitrogens with zero attached hydrogens (tertiary/aromatic N) is 2. The van der Waals surface area contributed by atoms with Gasteiger partial charge >= 0.3 is 12.1 Å². The summed E-state index contributed by atoms with van der Waals surface area (Å²) < 4.78 is 39.7. The molecular formula is C32H39N5O8S. The average Bonchev–Trinajstić information content (AvgIpc) is 3.43. The van der Waals surface area contributed by atoms with Gasteiger partial charge in [0.25, 0.3) is 0 Å². The van der Waals surface area contributed by atoms with Gasteiger partial charge in [-0.1, -0.05) is 54.1 Å². The first-order chi connectivity index (χ1) is 21.9. The summed E-state index contributed by atoms with van der Waals surface area (Å²) in [7, 11) is -4.20. The molecule has 2 aromatic carbocycles. The third-order valence-electron chi connectivity index (χ3n) is 7.42. The zero-order chi connectivity index (χ0) is 33.3. The van der Waals surface area contributed by atoms with Crippen molar-refractivity contribution in [2.24, 2.45) is 0 Å². The minimum atomic E-state index is -4.20. The van der Waals surface area contributed by atoms with Crippen molar-refractivity contribution in [3.63, 3.8) is 0 Å². The lowest BCUT2D eigenvalue weighted by molar-refractivity contribution is -0.139. The van der Waals surface area contributed by atoms with Crippen LogP contribution in [0.4, 0.5) is 10.6 Å². The number of hydrogen-bond donors (Lipinski definition) is 4. The highest BCUT2D eigenvalue weighted by Crippen LogP contribution is 2.23. The Bertz CT molecular complexity index is 1600. The second kappa shape index (κ2) is 15.7. The zero-order valence-corrected chi connectivity index (χ0v) is 26.7. The van der Waals surface area contributed by atoms with Crippen molar-refractivity contribution in [1.82, 2.24) is 19.9 Å². The van der Waals surface area contributed by atoms with Crippen LogP contribution in [0.15, 0.2) is 71.8 Å². The van der Waals surface area contributed by atoms with Crippen molar-refractivity contribution >= 4 is 33.8 Å². The standard InChI is InChI=1S/C32H39N5O8S/c1-21-13-22(2)30(23(3)14-21)46(42,43)36-27(31(39)40)17-35-29(38)20-44-26-15-25(16-34-28-11-7-8-12-33-28)37(18-26)32(41)45-19-24-9-5-4-6-10-24/h4-14,25-27,36H,15-20H2,1-3H3,(H,33,34)(H,35,38)(H,39,40)/t25-,26+,27-/m0/s1. The number of amides is 2. The van der Waals surface area contributed by atoms with Gasteiger partial charge in [0.1, 0.15) is 25.1 Å². The van der Waals surface area contributed by atoms with Crippen molar-refractivity contribution in [3.8, 4) is 0 Å². The normalized spacial score (nSPS) is 16.9. The fourth-order valence-electron chi connectivity index (χ4n) is 5.38. The van der Waals surface area contributed by atoms with Gasteiger partial charge in [-0.2, -0.15) is 4.72 Å². The molecular weight excluding hydrogens is 614 g/mol. The van der Waals surface area contributed by atoms with Gasteiger partial charge in [-0.3, -0.25) is 9.59 Å². The number of benzene rings is 2. The summed E-state index contributed by atoms with van der Waals surface area (Å²) in [6.07, 6.45) is 1.02. The molecule has 4 N–H and O–H groups in total. The molecule has 4 rings (SSSR count). The van der Waals surface area contributed by atoms with Gasteiger partial charge in [0, 0.05) is 19.3 Å². The smallest absolute Gasteiger partial charge is 0.410 e. The van der Waals surface area contributed by atoms with Crippen molar-refractivity contribution in [2.75, 3.05) is 31.6 Å². The zero-order valence-electron chi connectivity index (χ0n) is 25.9. The SMILES string of the molecule is Cc1cc(C)c(S(=O)(=O)N[C@@H](CNC(=O)CO[C@@H]2C[C@@H](CNc3ccccn3)N(C(=O)OCc3ccccc3)C2)C(=O)O)c(C)c1. The minimum Gasteiger partial charge on any atom is -0.480 e. The number of sulfonamides is 1. The van der Waals surface area contributed by atoms with Gasteiger partial charge in [-0.15, -0.1) is 0 Å². The van der Waals surface area contributed by atoms with E-state index in [-0.39, 0.29) is 24.1 Å². The van der Waals surface area contributed by atoms with E-state index in [9.17, 15) is 27.9 Å². The molecule has 3 atom stereocenters. The molecule has 0 spiro atoms. The first-order valence-corrected chi connectivity index (χ1v) is 16.2. The van der Waals surface area contributed by atoms with E-state index in [1.165, 1.54) is 0 Å². The lowest BCUT2D eigenvalue weighted by atomic mass is 10.1. The number of carbonyl (C=O) groups is 3. The lowest BCUT2D eigenvalue weighted by Crippen LogP contribution is -2.49. The van der Waals surface area contributed by atoms with Crippen molar-refractivity contribution in [3.05, 3.63) is 89.1 Å². The van der Waals surface area contributed by atoms with Gasteiger partial charge in [0.15, 0.2) is 0 Å². The second-order valence-electron chi connectivity index (χ2n) is 11.2. The van der Waals surface area contributed by atoms with Crippen LogP contribution >= 0.6 is 0 Å². The Balaban J connectivity index is 1.32. The van der Waals surface area contributed by atoms with E-state index in [1.807, 2.05) is 43.3 Å². The predicted octanol–water partition coefficient (Wildman–Crippen LogP) is 2.76. The molecule has 0 bridgehead atoms. The van der Waals surface area contributed by atoms with Crippen LogP contribution in [0.1, 0.15) is 28.7 Å².